The molecule has 32 heavy (non-hydrogen) atoms. The molecule has 1 atom stereocenters. The number of rotatable bonds is 6. The lowest BCUT2D eigenvalue weighted by molar-refractivity contribution is 0.0636. The molecule has 2 aromatic rings. The van der Waals surface area contributed by atoms with Gasteiger partial charge in [0, 0.05) is 30.2 Å². The van der Waals surface area contributed by atoms with Crippen molar-refractivity contribution in [2.45, 2.75) is 51.7 Å². The summed E-state index contributed by atoms with van der Waals surface area (Å²) in [7, 11) is 0. The molecule has 3 rings (SSSR count). The number of anilines is 3. The Bertz CT molecular complexity index is 971. The fraction of sp³-hybridized carbons (Fsp3) is 0.417. The minimum absolute atomic E-state index is 0.0755. The number of nitrogens with zero attached hydrogens (tertiary/aromatic N) is 1. The lowest BCUT2D eigenvalue weighted by Crippen LogP contribution is -2.36. The first-order chi connectivity index (χ1) is 15.1. The second-order valence-electron chi connectivity index (χ2n) is 9.10. The molecule has 5 N–H and O–H groups in total. The second kappa shape index (κ2) is 9.80. The Labute approximate surface area is 188 Å². The highest BCUT2D eigenvalue weighted by Gasteiger charge is 2.25. The first kappa shape index (κ1) is 23.2. The van der Waals surface area contributed by atoms with Crippen LogP contribution < -0.4 is 21.3 Å². The van der Waals surface area contributed by atoms with E-state index in [1.165, 1.54) is 0 Å². The minimum Gasteiger partial charge on any atom is -0.465 e. The third-order valence-electron chi connectivity index (χ3n) is 5.22. The molecular weight excluding hydrogens is 408 g/mol. The summed E-state index contributed by atoms with van der Waals surface area (Å²) in [5, 5.41) is 14.3. The summed E-state index contributed by atoms with van der Waals surface area (Å²) in [5.74, 6) is 0. The Morgan fingerprint density at radius 1 is 1.19 bits per heavy atom. The molecule has 8 heteroatoms. The normalized spacial score (nSPS) is 16.0. The fourth-order valence-electron chi connectivity index (χ4n) is 3.89. The van der Waals surface area contributed by atoms with E-state index in [1.807, 2.05) is 63.2 Å². The van der Waals surface area contributed by atoms with Crippen molar-refractivity contribution in [2.75, 3.05) is 29.0 Å². The smallest absolute Gasteiger partial charge is 0.412 e. The lowest BCUT2D eigenvalue weighted by Gasteiger charge is -2.23. The first-order valence-electron chi connectivity index (χ1n) is 10.8. The fourth-order valence-corrected chi connectivity index (χ4v) is 3.89. The molecule has 0 bridgehead atoms. The Hall–Kier alpha value is -3.42. The highest BCUT2D eigenvalue weighted by molar-refractivity contribution is 5.84. The zero-order chi connectivity index (χ0) is 23.3. The van der Waals surface area contributed by atoms with Crippen LogP contribution in [0.15, 0.2) is 42.5 Å². The largest absolute Gasteiger partial charge is 0.465 e. The number of nitrogens with two attached hydrogens (primary N) is 1. The highest BCUT2D eigenvalue weighted by atomic mass is 16.6. The average molecular weight is 441 g/mol. The number of amides is 2. The Balaban J connectivity index is 1.66. The van der Waals surface area contributed by atoms with Gasteiger partial charge < -0.3 is 25.8 Å². The third kappa shape index (κ3) is 6.80. The third-order valence-corrected chi connectivity index (χ3v) is 5.22. The maximum atomic E-state index is 12.0. The standard InChI is InChI=1S/C24H32N4O4/c1-24(2,3)32-23(31)27-19-6-4-5-16(13-19)7-8-17-14-18(25)9-10-21(17)28-12-11-20(15-28)26-22(29)30/h4-6,9-10,13-14,20,26H,7-8,11-12,15,25H2,1-3H3,(H,27,31)(H,29,30). The van der Waals surface area contributed by atoms with E-state index in [1.54, 1.807) is 0 Å². The Morgan fingerprint density at radius 3 is 2.69 bits per heavy atom. The van der Waals surface area contributed by atoms with Gasteiger partial charge in [0.05, 0.1) is 6.04 Å². The van der Waals surface area contributed by atoms with Crippen molar-refractivity contribution < 1.29 is 19.4 Å². The predicted molar refractivity (Wildman–Crippen MR) is 126 cm³/mol. The predicted octanol–water partition coefficient (Wildman–Crippen LogP) is 4.25. The molecule has 0 radical (unpaired) electrons. The van der Waals surface area contributed by atoms with E-state index in [0.29, 0.717) is 17.9 Å². The van der Waals surface area contributed by atoms with Gasteiger partial charge >= 0.3 is 12.2 Å². The molecule has 1 unspecified atom stereocenters. The molecule has 1 saturated heterocycles. The number of benzene rings is 2. The van der Waals surface area contributed by atoms with Crippen molar-refractivity contribution in [1.29, 1.82) is 0 Å². The number of carbonyl (C=O) groups excluding carboxylic acids is 1. The molecule has 8 nitrogen and oxygen atoms in total. The van der Waals surface area contributed by atoms with Gasteiger partial charge in [0.1, 0.15) is 5.60 Å². The van der Waals surface area contributed by atoms with Crippen molar-refractivity contribution in [2.24, 2.45) is 0 Å². The zero-order valence-corrected chi connectivity index (χ0v) is 18.9. The SMILES string of the molecule is CC(C)(C)OC(=O)Nc1cccc(CCc2cc(N)ccc2N2CCC(NC(=O)O)C2)c1. The van der Waals surface area contributed by atoms with Crippen LogP contribution >= 0.6 is 0 Å². The minimum atomic E-state index is -0.991. The van der Waals surface area contributed by atoms with Crippen LogP contribution in [-0.4, -0.2) is 42.0 Å². The molecule has 2 amide bonds. The molecule has 2 aromatic carbocycles. The summed E-state index contributed by atoms with van der Waals surface area (Å²) in [4.78, 5) is 25.2. The van der Waals surface area contributed by atoms with Crippen LogP contribution in [0.5, 0.6) is 0 Å². The molecular formula is C24H32N4O4. The van der Waals surface area contributed by atoms with Gasteiger partial charge in [-0.2, -0.15) is 0 Å². The topological polar surface area (TPSA) is 117 Å². The zero-order valence-electron chi connectivity index (χ0n) is 18.9. The van der Waals surface area contributed by atoms with Gasteiger partial charge in [-0.25, -0.2) is 9.59 Å². The summed E-state index contributed by atoms with van der Waals surface area (Å²) in [6.07, 6.45) is 0.837. The molecule has 0 aromatic heterocycles. The van der Waals surface area contributed by atoms with E-state index in [-0.39, 0.29) is 6.04 Å². The van der Waals surface area contributed by atoms with Gasteiger partial charge in [-0.05, 0) is 81.5 Å². The number of nitrogens with one attached hydrogen (secondary N) is 2. The van der Waals surface area contributed by atoms with Crippen LogP contribution in [0, 0.1) is 0 Å². The number of nitrogen functional groups attached to an aromatic ring is 1. The Kier molecular flexibility index (Phi) is 7.12. The Morgan fingerprint density at radius 2 is 1.97 bits per heavy atom. The van der Waals surface area contributed by atoms with Gasteiger partial charge in [-0.3, -0.25) is 5.32 Å². The van der Waals surface area contributed by atoms with Crippen molar-refractivity contribution in [3.05, 3.63) is 53.6 Å². The van der Waals surface area contributed by atoms with E-state index < -0.39 is 17.8 Å². The number of carbonyl (C=O) groups is 2. The number of ether oxygens (including phenoxy) is 1. The number of hydrogen-bond donors (Lipinski definition) is 4. The molecule has 1 fully saturated rings. The van der Waals surface area contributed by atoms with E-state index >= 15 is 0 Å². The molecule has 0 aliphatic carbocycles. The van der Waals surface area contributed by atoms with Crippen molar-refractivity contribution >= 4 is 29.2 Å². The number of aryl methyl sites for hydroxylation is 2. The monoisotopic (exact) mass is 440 g/mol. The van der Waals surface area contributed by atoms with Crippen molar-refractivity contribution in [3.63, 3.8) is 0 Å². The highest BCUT2D eigenvalue weighted by Crippen LogP contribution is 2.28. The van der Waals surface area contributed by atoms with Crippen LogP contribution in [0.4, 0.5) is 26.7 Å². The van der Waals surface area contributed by atoms with E-state index in [4.69, 9.17) is 15.6 Å². The molecule has 1 heterocycles. The second-order valence-corrected chi connectivity index (χ2v) is 9.10. The lowest BCUT2D eigenvalue weighted by atomic mass is 10.0. The summed E-state index contributed by atoms with van der Waals surface area (Å²) in [5.41, 5.74) is 10.2. The summed E-state index contributed by atoms with van der Waals surface area (Å²) in [6.45, 7) is 6.90. The molecule has 172 valence electrons. The van der Waals surface area contributed by atoms with Crippen LogP contribution in [0.1, 0.15) is 38.3 Å². The molecule has 0 spiro atoms. The van der Waals surface area contributed by atoms with Gasteiger partial charge in [0.25, 0.3) is 0 Å². The van der Waals surface area contributed by atoms with Crippen LogP contribution in [-0.2, 0) is 17.6 Å². The van der Waals surface area contributed by atoms with Gasteiger partial charge in [0.2, 0.25) is 0 Å². The maximum absolute atomic E-state index is 12.0. The summed E-state index contributed by atoms with van der Waals surface area (Å²) in [6, 6.07) is 13.5. The van der Waals surface area contributed by atoms with E-state index in [2.05, 4.69) is 15.5 Å². The maximum Gasteiger partial charge on any atom is 0.412 e. The van der Waals surface area contributed by atoms with E-state index in [0.717, 1.165) is 42.6 Å². The number of carboxylic acid groups (broad SMARTS) is 1. The molecule has 0 saturated carbocycles. The van der Waals surface area contributed by atoms with Gasteiger partial charge in [-0.1, -0.05) is 12.1 Å². The quantitative estimate of drug-likeness (QED) is 0.499. The average Bonchev–Trinajstić information content (AvgIpc) is 3.12. The van der Waals surface area contributed by atoms with Crippen molar-refractivity contribution in [3.8, 4) is 0 Å². The summed E-state index contributed by atoms with van der Waals surface area (Å²) >= 11 is 0. The van der Waals surface area contributed by atoms with Crippen LogP contribution in [0.25, 0.3) is 0 Å². The molecule has 1 aliphatic heterocycles. The first-order valence-corrected chi connectivity index (χ1v) is 10.8. The van der Waals surface area contributed by atoms with Crippen LogP contribution in [0.2, 0.25) is 0 Å². The van der Waals surface area contributed by atoms with Crippen molar-refractivity contribution in [1.82, 2.24) is 5.32 Å². The molecule has 1 aliphatic rings. The van der Waals surface area contributed by atoms with E-state index in [9.17, 15) is 9.59 Å². The van der Waals surface area contributed by atoms with Gasteiger partial charge in [-0.15, -0.1) is 0 Å². The van der Waals surface area contributed by atoms with Crippen LogP contribution in [0.3, 0.4) is 0 Å². The number of hydrogen-bond acceptors (Lipinski definition) is 5. The van der Waals surface area contributed by atoms with Gasteiger partial charge in [0.15, 0.2) is 0 Å². The summed E-state index contributed by atoms with van der Waals surface area (Å²) < 4.78 is 5.32.